The molecule has 0 bridgehead atoms. The van der Waals surface area contributed by atoms with E-state index in [1.165, 1.54) is 11.3 Å². The topological polar surface area (TPSA) is 50.4 Å². The van der Waals surface area contributed by atoms with Crippen LogP contribution in [0.3, 0.4) is 0 Å². The number of imidazole rings is 1. The van der Waals surface area contributed by atoms with Crippen LogP contribution < -0.4 is 0 Å². The van der Waals surface area contributed by atoms with E-state index < -0.39 is 0 Å². The quantitative estimate of drug-likeness (QED) is 0.569. The van der Waals surface area contributed by atoms with Gasteiger partial charge in [0.05, 0.1) is 18.0 Å². The second-order valence-corrected chi connectivity index (χ2v) is 6.91. The van der Waals surface area contributed by atoms with Crippen LogP contribution in [0.5, 0.6) is 0 Å². The SMILES string of the molecule is OCc1nc2sc(-c3ccccc3)nn2c1-c1ccc(Br)cc1. The molecular formula is C17H12BrN3OS. The van der Waals surface area contributed by atoms with Crippen molar-refractivity contribution in [2.75, 3.05) is 0 Å². The summed E-state index contributed by atoms with van der Waals surface area (Å²) in [7, 11) is 0. The summed E-state index contributed by atoms with van der Waals surface area (Å²) in [5.41, 5.74) is 3.53. The number of rotatable bonds is 3. The Morgan fingerprint density at radius 3 is 2.43 bits per heavy atom. The predicted octanol–water partition coefficient (Wildman–Crippen LogP) is 4.38. The molecule has 0 saturated carbocycles. The van der Waals surface area contributed by atoms with E-state index >= 15 is 0 Å². The number of nitrogens with zero attached hydrogens (tertiary/aromatic N) is 3. The van der Waals surface area contributed by atoms with Crippen molar-refractivity contribution in [1.82, 2.24) is 14.6 Å². The minimum Gasteiger partial charge on any atom is -0.390 e. The van der Waals surface area contributed by atoms with Gasteiger partial charge in [-0.1, -0.05) is 69.7 Å². The van der Waals surface area contributed by atoms with Crippen LogP contribution in [0.4, 0.5) is 0 Å². The lowest BCUT2D eigenvalue weighted by Crippen LogP contribution is -1.93. The van der Waals surface area contributed by atoms with Gasteiger partial charge in [0.15, 0.2) is 0 Å². The van der Waals surface area contributed by atoms with Crippen LogP contribution in [0.15, 0.2) is 59.1 Å². The molecule has 2 aromatic carbocycles. The molecule has 0 spiro atoms. The van der Waals surface area contributed by atoms with Gasteiger partial charge in [0.25, 0.3) is 0 Å². The van der Waals surface area contributed by atoms with Gasteiger partial charge in [-0.05, 0) is 12.1 Å². The van der Waals surface area contributed by atoms with Crippen molar-refractivity contribution in [3.8, 4) is 21.8 Å². The highest BCUT2D eigenvalue weighted by Gasteiger charge is 2.18. The molecule has 4 aromatic rings. The number of benzene rings is 2. The summed E-state index contributed by atoms with van der Waals surface area (Å²) in [6.07, 6.45) is 0. The van der Waals surface area contributed by atoms with E-state index in [9.17, 15) is 5.11 Å². The number of halogens is 1. The molecule has 0 aliphatic heterocycles. The van der Waals surface area contributed by atoms with Crippen LogP contribution in [-0.2, 0) is 6.61 Å². The lowest BCUT2D eigenvalue weighted by molar-refractivity contribution is 0.278. The Hall–Kier alpha value is -2.02. The van der Waals surface area contributed by atoms with Gasteiger partial charge in [-0.25, -0.2) is 9.50 Å². The molecule has 4 nitrogen and oxygen atoms in total. The molecule has 0 aliphatic carbocycles. The second kappa shape index (κ2) is 5.88. The monoisotopic (exact) mass is 385 g/mol. The van der Waals surface area contributed by atoms with E-state index in [2.05, 4.69) is 20.9 Å². The minimum absolute atomic E-state index is 0.109. The molecule has 0 radical (unpaired) electrons. The van der Waals surface area contributed by atoms with Gasteiger partial charge >= 0.3 is 0 Å². The average Bonchev–Trinajstić information content (AvgIpc) is 3.14. The molecule has 0 unspecified atom stereocenters. The maximum atomic E-state index is 9.63. The molecule has 2 aromatic heterocycles. The summed E-state index contributed by atoms with van der Waals surface area (Å²) in [4.78, 5) is 5.32. The zero-order valence-electron chi connectivity index (χ0n) is 12.0. The lowest BCUT2D eigenvalue weighted by Gasteiger charge is -2.02. The first-order valence-electron chi connectivity index (χ1n) is 7.07. The van der Waals surface area contributed by atoms with E-state index in [0.29, 0.717) is 5.69 Å². The zero-order chi connectivity index (χ0) is 15.8. The van der Waals surface area contributed by atoms with Crippen molar-refractivity contribution in [1.29, 1.82) is 0 Å². The largest absolute Gasteiger partial charge is 0.390 e. The normalized spacial score (nSPS) is 11.2. The molecular weight excluding hydrogens is 374 g/mol. The highest BCUT2D eigenvalue weighted by atomic mass is 79.9. The van der Waals surface area contributed by atoms with Crippen LogP contribution >= 0.6 is 27.3 Å². The molecule has 6 heteroatoms. The highest BCUT2D eigenvalue weighted by molar-refractivity contribution is 9.10. The fourth-order valence-corrected chi connectivity index (χ4v) is 3.68. The van der Waals surface area contributed by atoms with Gasteiger partial charge in [-0.3, -0.25) is 0 Å². The third-order valence-electron chi connectivity index (χ3n) is 3.56. The molecule has 0 fully saturated rings. The smallest absolute Gasteiger partial charge is 0.213 e. The van der Waals surface area contributed by atoms with Gasteiger partial charge in [0.2, 0.25) is 4.96 Å². The van der Waals surface area contributed by atoms with Crippen molar-refractivity contribution in [3.63, 3.8) is 0 Å². The summed E-state index contributed by atoms with van der Waals surface area (Å²) in [5.74, 6) is 0. The molecule has 2 heterocycles. The predicted molar refractivity (Wildman–Crippen MR) is 95.4 cm³/mol. The van der Waals surface area contributed by atoms with Gasteiger partial charge in [-0.15, -0.1) is 0 Å². The fourth-order valence-electron chi connectivity index (χ4n) is 2.49. The average molecular weight is 386 g/mol. The van der Waals surface area contributed by atoms with Crippen LogP contribution in [-0.4, -0.2) is 19.7 Å². The third kappa shape index (κ3) is 2.59. The maximum Gasteiger partial charge on any atom is 0.213 e. The summed E-state index contributed by atoms with van der Waals surface area (Å²) < 4.78 is 2.83. The number of hydrogen-bond acceptors (Lipinski definition) is 4. The Morgan fingerprint density at radius 2 is 1.74 bits per heavy atom. The Morgan fingerprint density at radius 1 is 1.00 bits per heavy atom. The number of aliphatic hydroxyl groups excluding tert-OH is 1. The summed E-state index contributed by atoms with van der Waals surface area (Å²) in [6, 6.07) is 18.0. The van der Waals surface area contributed by atoms with Crippen molar-refractivity contribution >= 4 is 32.2 Å². The Bertz CT molecular complexity index is 961. The maximum absolute atomic E-state index is 9.63. The van der Waals surface area contributed by atoms with Crippen molar-refractivity contribution in [3.05, 3.63) is 64.8 Å². The third-order valence-corrected chi connectivity index (χ3v) is 5.05. The summed E-state index contributed by atoms with van der Waals surface area (Å²) >= 11 is 4.96. The van der Waals surface area contributed by atoms with E-state index in [0.717, 1.165) is 31.3 Å². The zero-order valence-corrected chi connectivity index (χ0v) is 14.4. The Balaban J connectivity index is 1.91. The van der Waals surface area contributed by atoms with Crippen molar-refractivity contribution in [2.45, 2.75) is 6.61 Å². The van der Waals surface area contributed by atoms with Gasteiger partial charge in [0.1, 0.15) is 5.01 Å². The van der Waals surface area contributed by atoms with Crippen molar-refractivity contribution in [2.24, 2.45) is 0 Å². The minimum atomic E-state index is -0.109. The highest BCUT2D eigenvalue weighted by Crippen LogP contribution is 2.32. The Labute approximate surface area is 145 Å². The molecule has 0 aliphatic rings. The number of hydrogen-bond donors (Lipinski definition) is 1. The van der Waals surface area contributed by atoms with Gasteiger partial charge < -0.3 is 5.11 Å². The number of fused-ring (bicyclic) bond motifs is 1. The molecule has 4 rings (SSSR count). The van der Waals surface area contributed by atoms with Gasteiger partial charge in [-0.2, -0.15) is 5.10 Å². The standard InChI is InChI=1S/C17H12BrN3OS/c18-13-8-6-11(7-9-13)15-14(10-22)19-17-21(15)20-16(23-17)12-4-2-1-3-5-12/h1-9,22H,10H2. The first kappa shape index (κ1) is 14.6. The number of aliphatic hydroxyl groups is 1. The molecule has 23 heavy (non-hydrogen) atoms. The van der Waals surface area contributed by atoms with Crippen LogP contribution in [0, 0.1) is 0 Å². The summed E-state index contributed by atoms with van der Waals surface area (Å²) in [5, 5.41) is 15.2. The molecule has 0 amide bonds. The Kier molecular flexibility index (Phi) is 3.72. The van der Waals surface area contributed by atoms with Gasteiger partial charge in [0, 0.05) is 15.6 Å². The molecule has 0 saturated heterocycles. The van der Waals surface area contributed by atoms with Crippen LogP contribution in [0.1, 0.15) is 5.69 Å². The number of aromatic nitrogens is 3. The first-order valence-corrected chi connectivity index (χ1v) is 8.68. The van der Waals surface area contributed by atoms with Crippen LogP contribution in [0.25, 0.3) is 26.8 Å². The van der Waals surface area contributed by atoms with E-state index in [1.54, 1.807) is 0 Å². The lowest BCUT2D eigenvalue weighted by atomic mass is 10.1. The molecule has 1 N–H and O–H groups in total. The van der Waals surface area contributed by atoms with E-state index in [4.69, 9.17) is 5.10 Å². The second-order valence-electron chi connectivity index (χ2n) is 5.04. The summed E-state index contributed by atoms with van der Waals surface area (Å²) in [6.45, 7) is -0.109. The van der Waals surface area contributed by atoms with E-state index in [-0.39, 0.29) is 6.61 Å². The molecule has 114 valence electrons. The fraction of sp³-hybridized carbons (Fsp3) is 0.0588. The van der Waals surface area contributed by atoms with Crippen LogP contribution in [0.2, 0.25) is 0 Å². The first-order chi connectivity index (χ1) is 11.3. The molecule has 0 atom stereocenters. The van der Waals surface area contributed by atoms with E-state index in [1.807, 2.05) is 59.1 Å². The van der Waals surface area contributed by atoms with Crippen molar-refractivity contribution < 1.29 is 5.11 Å².